The summed E-state index contributed by atoms with van der Waals surface area (Å²) in [7, 11) is 0. The van der Waals surface area contributed by atoms with Crippen LogP contribution in [0.5, 0.6) is 0 Å². The third-order valence-electron chi connectivity index (χ3n) is 3.37. The van der Waals surface area contributed by atoms with Gasteiger partial charge >= 0.3 is 0 Å². The van der Waals surface area contributed by atoms with Crippen LogP contribution in [0.1, 0.15) is 73.6 Å². The number of carbonyl (C=O) groups is 1. The summed E-state index contributed by atoms with van der Waals surface area (Å²) in [5.41, 5.74) is 0.203. The average molecular weight is 241 g/mol. The summed E-state index contributed by atoms with van der Waals surface area (Å²) >= 11 is 0. The van der Waals surface area contributed by atoms with Crippen LogP contribution in [0, 0.1) is 5.41 Å². The minimum absolute atomic E-state index is 0.203. The molecule has 0 aliphatic carbocycles. The molecule has 0 bridgehead atoms. The number of carbonyl (C=O) groups excluding carboxylic acids is 1. The summed E-state index contributed by atoms with van der Waals surface area (Å²) in [6, 6.07) is 0.406. The van der Waals surface area contributed by atoms with Crippen LogP contribution in [-0.4, -0.2) is 23.4 Å². The van der Waals surface area contributed by atoms with Crippen molar-refractivity contribution in [1.82, 2.24) is 4.90 Å². The van der Waals surface area contributed by atoms with E-state index < -0.39 is 0 Å². The highest BCUT2D eigenvalue weighted by Gasteiger charge is 2.32. The molecule has 0 aromatic heterocycles. The highest BCUT2D eigenvalue weighted by Crippen LogP contribution is 2.29. The van der Waals surface area contributed by atoms with Crippen LogP contribution in [-0.2, 0) is 4.79 Å². The Bertz CT molecular complexity index is 217. The van der Waals surface area contributed by atoms with Crippen LogP contribution in [0.25, 0.3) is 0 Å². The molecule has 1 fully saturated rings. The number of nitrogens with zero attached hydrogens (tertiary/aromatic N) is 1. The Morgan fingerprint density at radius 1 is 1.18 bits per heavy atom. The zero-order chi connectivity index (χ0) is 13.5. The van der Waals surface area contributed by atoms with E-state index in [0.29, 0.717) is 11.9 Å². The largest absolute Gasteiger partial charge is 0.339 e. The summed E-state index contributed by atoms with van der Waals surface area (Å²) in [5.74, 6) is 0.370. The maximum Gasteiger partial charge on any atom is 0.222 e. The van der Waals surface area contributed by atoms with Gasteiger partial charge in [0.1, 0.15) is 0 Å². The molecular weight excluding hydrogens is 210 g/mol. The van der Waals surface area contributed by atoms with Crippen molar-refractivity contribution in [3.8, 4) is 0 Å². The van der Waals surface area contributed by atoms with Crippen molar-refractivity contribution in [3.05, 3.63) is 0 Å². The molecule has 1 heterocycles. The molecule has 1 rings (SSSR count). The number of hydrogen-bond donors (Lipinski definition) is 0. The van der Waals surface area contributed by atoms with E-state index in [1.54, 1.807) is 0 Å². The Morgan fingerprint density at radius 2 is 1.76 bits per heavy atom. The van der Waals surface area contributed by atoms with E-state index >= 15 is 0 Å². The van der Waals surface area contributed by atoms with Crippen molar-refractivity contribution < 1.29 is 4.79 Å². The molecule has 2 heteroatoms. The van der Waals surface area contributed by atoms with Crippen molar-refractivity contribution in [2.75, 3.05) is 6.54 Å². The predicted octanol–water partition coefficient (Wildman–Crippen LogP) is 4.24. The van der Waals surface area contributed by atoms with E-state index in [2.05, 4.69) is 32.6 Å². The summed E-state index contributed by atoms with van der Waals surface area (Å²) in [6.07, 6.45) is 5.29. The van der Waals surface area contributed by atoms with Crippen molar-refractivity contribution in [3.63, 3.8) is 0 Å². The maximum absolute atomic E-state index is 12.0. The monoisotopic (exact) mass is 241 g/mol. The van der Waals surface area contributed by atoms with Gasteiger partial charge in [0, 0.05) is 19.0 Å². The third-order valence-corrected chi connectivity index (χ3v) is 3.37. The molecule has 0 N–H and O–H groups in total. The molecule has 102 valence electrons. The fourth-order valence-corrected chi connectivity index (χ4v) is 2.63. The molecule has 0 radical (unpaired) electrons. The Balaban J connectivity index is 0.00000121. The zero-order valence-electron chi connectivity index (χ0n) is 12.7. The molecule has 1 amide bonds. The summed E-state index contributed by atoms with van der Waals surface area (Å²) in [6.45, 7) is 13.9. The van der Waals surface area contributed by atoms with Gasteiger partial charge in [-0.1, -0.05) is 48.0 Å². The molecule has 1 unspecified atom stereocenters. The molecule has 1 atom stereocenters. The number of hydrogen-bond acceptors (Lipinski definition) is 1. The molecule has 0 aromatic rings. The third kappa shape index (κ3) is 5.10. The van der Waals surface area contributed by atoms with E-state index in [-0.39, 0.29) is 5.41 Å². The van der Waals surface area contributed by atoms with Gasteiger partial charge in [0.15, 0.2) is 0 Å². The fourth-order valence-electron chi connectivity index (χ4n) is 2.63. The van der Waals surface area contributed by atoms with Gasteiger partial charge in [0.05, 0.1) is 0 Å². The predicted molar refractivity (Wildman–Crippen MR) is 75.1 cm³/mol. The van der Waals surface area contributed by atoms with Crippen molar-refractivity contribution in [1.29, 1.82) is 0 Å². The quantitative estimate of drug-likeness (QED) is 0.708. The van der Waals surface area contributed by atoms with Gasteiger partial charge in [-0.3, -0.25) is 4.79 Å². The first-order chi connectivity index (χ1) is 7.96. The smallest absolute Gasteiger partial charge is 0.222 e. The van der Waals surface area contributed by atoms with Crippen molar-refractivity contribution in [2.45, 2.75) is 79.7 Å². The lowest BCUT2D eigenvalue weighted by atomic mass is 9.84. The minimum Gasteiger partial charge on any atom is -0.339 e. The molecule has 17 heavy (non-hydrogen) atoms. The normalized spacial score (nSPS) is 19.2. The number of rotatable bonds is 2. The van der Waals surface area contributed by atoms with E-state index in [0.717, 1.165) is 25.8 Å². The first-order valence-corrected chi connectivity index (χ1v) is 7.26. The van der Waals surface area contributed by atoms with Crippen LogP contribution in [0.2, 0.25) is 0 Å². The molecule has 0 saturated carbocycles. The highest BCUT2D eigenvalue weighted by atomic mass is 16.2. The molecule has 1 aliphatic rings. The molecule has 2 nitrogen and oxygen atoms in total. The molecule has 0 spiro atoms. The zero-order valence-corrected chi connectivity index (χ0v) is 12.7. The fraction of sp³-hybridized carbons (Fsp3) is 0.933. The van der Waals surface area contributed by atoms with Crippen LogP contribution >= 0.6 is 0 Å². The topological polar surface area (TPSA) is 20.3 Å². The molecular formula is C15H31NO. The van der Waals surface area contributed by atoms with Crippen LogP contribution < -0.4 is 0 Å². The standard InChI is InChI=1S/C13H25NO.C2H6/c1-5-11(13(2,3)4)14-10-8-6-7-9-12(14)15;1-2/h11H,5-10H2,1-4H3;1-2H3. The van der Waals surface area contributed by atoms with E-state index in [4.69, 9.17) is 0 Å². The first-order valence-electron chi connectivity index (χ1n) is 7.26. The van der Waals surface area contributed by atoms with Gasteiger partial charge in [-0.2, -0.15) is 0 Å². The van der Waals surface area contributed by atoms with Crippen LogP contribution in [0.3, 0.4) is 0 Å². The van der Waals surface area contributed by atoms with Gasteiger partial charge < -0.3 is 4.90 Å². The summed E-state index contributed by atoms with van der Waals surface area (Å²) in [5, 5.41) is 0. The summed E-state index contributed by atoms with van der Waals surface area (Å²) in [4.78, 5) is 14.1. The second kappa shape index (κ2) is 7.73. The van der Waals surface area contributed by atoms with Gasteiger partial charge in [0.2, 0.25) is 5.91 Å². The van der Waals surface area contributed by atoms with Gasteiger partial charge in [-0.25, -0.2) is 0 Å². The Hall–Kier alpha value is -0.530. The van der Waals surface area contributed by atoms with E-state index in [1.807, 2.05) is 13.8 Å². The lowest BCUT2D eigenvalue weighted by Gasteiger charge is -2.39. The second-order valence-corrected chi connectivity index (χ2v) is 5.69. The van der Waals surface area contributed by atoms with Crippen LogP contribution in [0.4, 0.5) is 0 Å². The van der Waals surface area contributed by atoms with Crippen molar-refractivity contribution in [2.24, 2.45) is 5.41 Å². The molecule has 1 aliphatic heterocycles. The van der Waals surface area contributed by atoms with Crippen molar-refractivity contribution >= 4 is 5.91 Å². The van der Waals surface area contributed by atoms with Crippen LogP contribution in [0.15, 0.2) is 0 Å². The Morgan fingerprint density at radius 3 is 2.24 bits per heavy atom. The Kier molecular flexibility index (Phi) is 7.49. The van der Waals surface area contributed by atoms with E-state index in [1.165, 1.54) is 12.8 Å². The summed E-state index contributed by atoms with van der Waals surface area (Å²) < 4.78 is 0. The first kappa shape index (κ1) is 16.5. The molecule has 0 aromatic carbocycles. The number of amides is 1. The Labute approximate surface area is 108 Å². The number of likely N-dealkylation sites (tertiary alicyclic amines) is 1. The maximum atomic E-state index is 12.0. The lowest BCUT2D eigenvalue weighted by Crippen LogP contribution is -2.46. The second-order valence-electron chi connectivity index (χ2n) is 5.69. The van der Waals surface area contributed by atoms with Gasteiger partial charge in [0.25, 0.3) is 0 Å². The van der Waals surface area contributed by atoms with Gasteiger partial charge in [-0.05, 0) is 24.7 Å². The van der Waals surface area contributed by atoms with E-state index in [9.17, 15) is 4.79 Å². The SMILES string of the molecule is CC.CCC(N1CCCCCC1=O)C(C)(C)C. The minimum atomic E-state index is 0.203. The highest BCUT2D eigenvalue weighted by molar-refractivity contribution is 5.76. The van der Waals surface area contributed by atoms with Gasteiger partial charge in [-0.15, -0.1) is 0 Å². The lowest BCUT2D eigenvalue weighted by molar-refractivity contribution is -0.135. The molecule has 1 saturated heterocycles. The average Bonchev–Trinajstić information content (AvgIpc) is 2.47.